The predicted octanol–water partition coefficient (Wildman–Crippen LogP) is 3.18. The van der Waals surface area contributed by atoms with Crippen molar-refractivity contribution >= 4 is 43.7 Å². The van der Waals surface area contributed by atoms with Gasteiger partial charge in [-0.2, -0.15) is 0 Å². The van der Waals surface area contributed by atoms with Gasteiger partial charge < -0.3 is 0 Å². The standard InChI is InChI=1S/C18H11Br2NO2/c19-17-9-5-1-2-6-10(9)18(20,12-8-4-3-7-11(12)17)14-13(17)15(22)21-16(14)23/h1-8,13-14H,(H,21,22,23). The quantitative estimate of drug-likeness (QED) is 0.513. The highest BCUT2D eigenvalue weighted by Gasteiger charge is 2.70. The summed E-state index contributed by atoms with van der Waals surface area (Å²) in [5, 5.41) is 2.54. The highest BCUT2D eigenvalue weighted by molar-refractivity contribution is 9.10. The summed E-state index contributed by atoms with van der Waals surface area (Å²) in [6, 6.07) is 16.1. The van der Waals surface area contributed by atoms with Crippen LogP contribution in [0.5, 0.6) is 0 Å². The first kappa shape index (κ1) is 13.9. The number of rotatable bonds is 0. The molecule has 2 aromatic rings. The molecule has 1 heterocycles. The largest absolute Gasteiger partial charge is 0.296 e. The normalized spacial score (nSPS) is 36.3. The van der Waals surface area contributed by atoms with E-state index in [1.165, 1.54) is 0 Å². The molecule has 5 heteroatoms. The van der Waals surface area contributed by atoms with Gasteiger partial charge in [0.2, 0.25) is 11.8 Å². The average molecular weight is 433 g/mol. The molecule has 1 N–H and O–H groups in total. The fraction of sp³-hybridized carbons (Fsp3) is 0.222. The maximum Gasteiger partial charge on any atom is 0.232 e. The fourth-order valence-electron chi connectivity index (χ4n) is 4.60. The van der Waals surface area contributed by atoms with E-state index in [1.807, 2.05) is 48.5 Å². The Kier molecular flexibility index (Phi) is 2.51. The molecule has 23 heavy (non-hydrogen) atoms. The fourth-order valence-corrected chi connectivity index (χ4v) is 6.92. The van der Waals surface area contributed by atoms with Gasteiger partial charge >= 0.3 is 0 Å². The van der Waals surface area contributed by atoms with Gasteiger partial charge in [-0.05, 0) is 22.3 Å². The molecular weight excluding hydrogens is 422 g/mol. The van der Waals surface area contributed by atoms with Crippen molar-refractivity contribution in [3.63, 3.8) is 0 Å². The summed E-state index contributed by atoms with van der Waals surface area (Å²) in [5.41, 5.74) is 4.23. The molecule has 114 valence electrons. The van der Waals surface area contributed by atoms with E-state index in [2.05, 4.69) is 37.2 Å². The Balaban J connectivity index is 1.99. The van der Waals surface area contributed by atoms with Crippen LogP contribution >= 0.6 is 31.9 Å². The molecule has 2 unspecified atom stereocenters. The number of nitrogens with one attached hydrogen (secondary N) is 1. The number of carbonyl (C=O) groups excluding carboxylic acids is 2. The third-order valence-electron chi connectivity index (χ3n) is 5.42. The van der Waals surface area contributed by atoms with Crippen molar-refractivity contribution in [1.82, 2.24) is 5.32 Å². The van der Waals surface area contributed by atoms with E-state index in [4.69, 9.17) is 0 Å². The minimum Gasteiger partial charge on any atom is -0.296 e. The van der Waals surface area contributed by atoms with Crippen molar-refractivity contribution in [2.75, 3.05) is 0 Å². The molecule has 2 amide bonds. The average Bonchev–Trinajstić information content (AvgIpc) is 2.88. The molecule has 1 fully saturated rings. The second kappa shape index (κ2) is 4.14. The van der Waals surface area contributed by atoms with Crippen LogP contribution < -0.4 is 5.32 Å². The van der Waals surface area contributed by atoms with Crippen LogP contribution in [-0.2, 0) is 18.2 Å². The molecule has 1 aliphatic heterocycles. The van der Waals surface area contributed by atoms with E-state index < -0.39 is 20.5 Å². The molecule has 4 aliphatic rings. The van der Waals surface area contributed by atoms with Gasteiger partial charge in [-0.3, -0.25) is 14.9 Å². The number of hydrogen-bond acceptors (Lipinski definition) is 2. The number of amides is 2. The van der Waals surface area contributed by atoms with Crippen molar-refractivity contribution < 1.29 is 9.59 Å². The Morgan fingerprint density at radius 2 is 1.00 bits per heavy atom. The van der Waals surface area contributed by atoms with Crippen LogP contribution in [0.2, 0.25) is 0 Å². The predicted molar refractivity (Wildman–Crippen MR) is 92.4 cm³/mol. The lowest BCUT2D eigenvalue weighted by Gasteiger charge is -2.55. The third kappa shape index (κ3) is 1.34. The molecule has 2 aromatic carbocycles. The third-order valence-corrected chi connectivity index (χ3v) is 8.12. The number of halogens is 2. The SMILES string of the molecule is O=C1NC(=O)C2C1C1(Br)c3ccccc3C2(Br)c2ccccc21. The van der Waals surface area contributed by atoms with E-state index >= 15 is 0 Å². The van der Waals surface area contributed by atoms with Crippen LogP contribution in [0, 0.1) is 11.8 Å². The van der Waals surface area contributed by atoms with Crippen LogP contribution in [0.4, 0.5) is 0 Å². The topological polar surface area (TPSA) is 46.2 Å². The molecule has 0 saturated carbocycles. The number of carbonyl (C=O) groups is 2. The van der Waals surface area contributed by atoms with Gasteiger partial charge in [-0.25, -0.2) is 0 Å². The van der Waals surface area contributed by atoms with E-state index in [0.717, 1.165) is 22.3 Å². The Morgan fingerprint density at radius 1 is 0.696 bits per heavy atom. The molecule has 0 radical (unpaired) electrons. The van der Waals surface area contributed by atoms with E-state index in [1.54, 1.807) is 0 Å². The zero-order chi connectivity index (χ0) is 16.0. The lowest BCUT2D eigenvalue weighted by Crippen LogP contribution is -2.56. The zero-order valence-corrected chi connectivity index (χ0v) is 15.0. The van der Waals surface area contributed by atoms with Gasteiger partial charge in [-0.15, -0.1) is 0 Å². The Hall–Kier alpha value is -1.46. The van der Waals surface area contributed by atoms with E-state index in [9.17, 15) is 9.59 Å². The summed E-state index contributed by atoms with van der Waals surface area (Å²) in [6.07, 6.45) is 0. The maximum absolute atomic E-state index is 12.6. The lowest BCUT2D eigenvalue weighted by molar-refractivity contribution is -0.126. The Morgan fingerprint density at radius 3 is 1.30 bits per heavy atom. The lowest BCUT2D eigenvalue weighted by atomic mass is 9.54. The van der Waals surface area contributed by atoms with Gasteiger partial charge in [0.25, 0.3) is 0 Å². The molecule has 2 atom stereocenters. The molecule has 3 aliphatic carbocycles. The van der Waals surface area contributed by atoms with Crippen LogP contribution in [0.3, 0.4) is 0 Å². The van der Waals surface area contributed by atoms with Crippen molar-refractivity contribution in [3.05, 3.63) is 70.8 Å². The number of benzene rings is 2. The highest BCUT2D eigenvalue weighted by atomic mass is 79.9. The van der Waals surface area contributed by atoms with E-state index in [0.29, 0.717) is 0 Å². The van der Waals surface area contributed by atoms with Crippen molar-refractivity contribution in [1.29, 1.82) is 0 Å². The maximum atomic E-state index is 12.6. The first-order valence-electron chi connectivity index (χ1n) is 7.43. The summed E-state index contributed by atoms with van der Waals surface area (Å²) in [6.45, 7) is 0. The minimum absolute atomic E-state index is 0.204. The summed E-state index contributed by atoms with van der Waals surface area (Å²) in [5.74, 6) is -1.33. The summed E-state index contributed by atoms with van der Waals surface area (Å²) < 4.78 is -1.34. The first-order chi connectivity index (χ1) is 11.0. The van der Waals surface area contributed by atoms with Gasteiger partial charge in [0.15, 0.2) is 0 Å². The van der Waals surface area contributed by atoms with Crippen LogP contribution in [0.1, 0.15) is 22.3 Å². The number of hydrogen-bond donors (Lipinski definition) is 1. The van der Waals surface area contributed by atoms with Crippen molar-refractivity contribution in [2.24, 2.45) is 11.8 Å². The van der Waals surface area contributed by atoms with Crippen LogP contribution in [0.15, 0.2) is 48.5 Å². The second-order valence-corrected chi connectivity index (χ2v) is 8.83. The van der Waals surface area contributed by atoms with Crippen molar-refractivity contribution in [3.8, 4) is 0 Å². The summed E-state index contributed by atoms with van der Waals surface area (Å²) in [4.78, 5) is 25.2. The molecule has 6 rings (SSSR count). The van der Waals surface area contributed by atoms with Gasteiger partial charge in [0.05, 0.1) is 20.5 Å². The molecule has 0 aromatic heterocycles. The van der Waals surface area contributed by atoms with Crippen LogP contribution in [0.25, 0.3) is 0 Å². The Labute approximate surface area is 149 Å². The Bertz CT molecular complexity index is 788. The molecule has 3 nitrogen and oxygen atoms in total. The van der Waals surface area contributed by atoms with Gasteiger partial charge in [0.1, 0.15) is 0 Å². The molecule has 0 spiro atoms. The molecule has 1 saturated heterocycles. The van der Waals surface area contributed by atoms with Crippen LogP contribution in [-0.4, -0.2) is 11.8 Å². The zero-order valence-electron chi connectivity index (χ0n) is 11.8. The highest BCUT2D eigenvalue weighted by Crippen LogP contribution is 2.69. The molecule has 2 bridgehead atoms. The number of alkyl halides is 2. The van der Waals surface area contributed by atoms with Gasteiger partial charge in [0, 0.05) is 0 Å². The monoisotopic (exact) mass is 431 g/mol. The molecular formula is C18H11Br2NO2. The first-order valence-corrected chi connectivity index (χ1v) is 9.01. The van der Waals surface area contributed by atoms with E-state index in [-0.39, 0.29) is 11.8 Å². The van der Waals surface area contributed by atoms with Crippen molar-refractivity contribution in [2.45, 2.75) is 8.65 Å². The minimum atomic E-state index is -0.670. The van der Waals surface area contributed by atoms with Gasteiger partial charge in [-0.1, -0.05) is 80.4 Å². The second-order valence-electron chi connectivity index (χ2n) is 6.32. The summed E-state index contributed by atoms with van der Waals surface area (Å²) in [7, 11) is 0. The summed E-state index contributed by atoms with van der Waals surface area (Å²) >= 11 is 7.79. The number of imide groups is 1. The smallest absolute Gasteiger partial charge is 0.232 e.